The molecule has 0 bridgehead atoms. The zero-order valence-electron chi connectivity index (χ0n) is 13.4. The van der Waals surface area contributed by atoms with Crippen molar-refractivity contribution in [2.24, 2.45) is 0 Å². The predicted molar refractivity (Wildman–Crippen MR) is 97.3 cm³/mol. The van der Waals surface area contributed by atoms with E-state index in [1.807, 2.05) is 19.1 Å². The van der Waals surface area contributed by atoms with Gasteiger partial charge in [-0.15, -0.1) is 5.10 Å². The molecule has 24 heavy (non-hydrogen) atoms. The van der Waals surface area contributed by atoms with Gasteiger partial charge in [-0.2, -0.15) is 5.10 Å². The SMILES string of the molecule is CCc1nnc(SCc2cc(=O)n3cc(Br)ccc3n2)nc1CC. The van der Waals surface area contributed by atoms with Gasteiger partial charge in [0.1, 0.15) is 5.65 Å². The Balaban J connectivity index is 1.83. The zero-order valence-corrected chi connectivity index (χ0v) is 15.8. The van der Waals surface area contributed by atoms with Gasteiger partial charge in [0.05, 0.1) is 17.1 Å². The smallest absolute Gasteiger partial charge is 0.258 e. The first kappa shape index (κ1) is 17.0. The minimum absolute atomic E-state index is 0.105. The highest BCUT2D eigenvalue weighted by Crippen LogP contribution is 2.19. The van der Waals surface area contributed by atoms with E-state index in [1.165, 1.54) is 16.2 Å². The Morgan fingerprint density at radius 1 is 1.12 bits per heavy atom. The lowest BCUT2D eigenvalue weighted by molar-refractivity contribution is 0.744. The van der Waals surface area contributed by atoms with Crippen LogP contribution in [0.2, 0.25) is 0 Å². The number of halogens is 1. The minimum atomic E-state index is -0.105. The molecule has 3 aromatic rings. The molecule has 0 saturated carbocycles. The molecule has 0 saturated heterocycles. The molecular formula is C16H16BrN5OS. The van der Waals surface area contributed by atoms with Gasteiger partial charge in [-0.05, 0) is 40.9 Å². The number of fused-ring (bicyclic) bond motifs is 1. The summed E-state index contributed by atoms with van der Waals surface area (Å²) in [6, 6.07) is 5.21. The fraction of sp³-hybridized carbons (Fsp3) is 0.312. The van der Waals surface area contributed by atoms with Gasteiger partial charge in [-0.25, -0.2) is 9.97 Å². The average Bonchev–Trinajstić information content (AvgIpc) is 2.60. The van der Waals surface area contributed by atoms with Crippen LogP contribution in [-0.4, -0.2) is 24.6 Å². The summed E-state index contributed by atoms with van der Waals surface area (Å²) >= 11 is 4.79. The molecule has 3 rings (SSSR count). The van der Waals surface area contributed by atoms with Crippen LogP contribution in [0.15, 0.2) is 38.8 Å². The maximum atomic E-state index is 12.2. The number of thioether (sulfide) groups is 1. The van der Waals surface area contributed by atoms with Gasteiger partial charge < -0.3 is 0 Å². The lowest BCUT2D eigenvalue weighted by atomic mass is 10.2. The van der Waals surface area contributed by atoms with Crippen molar-refractivity contribution < 1.29 is 0 Å². The van der Waals surface area contributed by atoms with Crippen molar-refractivity contribution in [2.45, 2.75) is 37.6 Å². The number of aryl methyl sites for hydroxylation is 2. The number of rotatable bonds is 5. The predicted octanol–water partition coefficient (Wildman–Crippen LogP) is 3.06. The van der Waals surface area contributed by atoms with Crippen LogP contribution < -0.4 is 5.56 Å². The van der Waals surface area contributed by atoms with E-state index in [-0.39, 0.29) is 5.56 Å². The Hall–Kier alpha value is -1.80. The monoisotopic (exact) mass is 405 g/mol. The second-order valence-corrected chi connectivity index (χ2v) is 7.00. The molecule has 0 fully saturated rings. The number of pyridine rings is 1. The summed E-state index contributed by atoms with van der Waals surface area (Å²) in [5.41, 5.74) is 3.14. The highest BCUT2D eigenvalue weighted by Gasteiger charge is 2.09. The minimum Gasteiger partial charge on any atom is -0.269 e. The Morgan fingerprint density at radius 2 is 1.92 bits per heavy atom. The number of hydrogen-bond donors (Lipinski definition) is 0. The topological polar surface area (TPSA) is 73.0 Å². The van der Waals surface area contributed by atoms with Gasteiger partial charge in [-0.3, -0.25) is 9.20 Å². The normalized spacial score (nSPS) is 11.1. The van der Waals surface area contributed by atoms with E-state index >= 15 is 0 Å². The van der Waals surface area contributed by atoms with Crippen molar-refractivity contribution in [1.82, 2.24) is 24.6 Å². The molecule has 0 aliphatic heterocycles. The zero-order chi connectivity index (χ0) is 17.1. The highest BCUT2D eigenvalue weighted by atomic mass is 79.9. The van der Waals surface area contributed by atoms with Gasteiger partial charge in [-0.1, -0.05) is 25.6 Å². The molecule has 0 aromatic carbocycles. The van der Waals surface area contributed by atoms with Gasteiger partial charge >= 0.3 is 0 Å². The van der Waals surface area contributed by atoms with E-state index in [4.69, 9.17) is 0 Å². The third-order valence-electron chi connectivity index (χ3n) is 3.52. The van der Waals surface area contributed by atoms with Gasteiger partial charge in [0.15, 0.2) is 0 Å². The highest BCUT2D eigenvalue weighted by molar-refractivity contribution is 9.10. The van der Waals surface area contributed by atoms with Crippen molar-refractivity contribution in [3.8, 4) is 0 Å². The number of aromatic nitrogens is 5. The number of nitrogens with zero attached hydrogens (tertiary/aromatic N) is 5. The van der Waals surface area contributed by atoms with E-state index in [2.05, 4.69) is 43.0 Å². The van der Waals surface area contributed by atoms with Crippen LogP contribution in [0, 0.1) is 0 Å². The summed E-state index contributed by atoms with van der Waals surface area (Å²) in [6.07, 6.45) is 3.37. The van der Waals surface area contributed by atoms with Crippen LogP contribution in [0.3, 0.4) is 0 Å². The van der Waals surface area contributed by atoms with Crippen LogP contribution in [-0.2, 0) is 18.6 Å². The van der Waals surface area contributed by atoms with Crippen LogP contribution in [0.5, 0.6) is 0 Å². The molecule has 0 N–H and O–H groups in total. The van der Waals surface area contributed by atoms with Gasteiger partial charge in [0, 0.05) is 22.5 Å². The molecule has 124 valence electrons. The maximum Gasteiger partial charge on any atom is 0.258 e. The third-order valence-corrected chi connectivity index (χ3v) is 4.86. The summed E-state index contributed by atoms with van der Waals surface area (Å²) in [7, 11) is 0. The third kappa shape index (κ3) is 3.64. The fourth-order valence-corrected chi connectivity index (χ4v) is 3.36. The Morgan fingerprint density at radius 3 is 2.67 bits per heavy atom. The van der Waals surface area contributed by atoms with E-state index in [0.29, 0.717) is 22.3 Å². The molecule has 8 heteroatoms. The van der Waals surface area contributed by atoms with E-state index < -0.39 is 0 Å². The number of hydrogen-bond acceptors (Lipinski definition) is 6. The fourth-order valence-electron chi connectivity index (χ4n) is 2.32. The molecule has 6 nitrogen and oxygen atoms in total. The van der Waals surface area contributed by atoms with E-state index in [0.717, 1.165) is 28.7 Å². The maximum absolute atomic E-state index is 12.2. The summed E-state index contributed by atoms with van der Waals surface area (Å²) in [5, 5.41) is 9.00. The largest absolute Gasteiger partial charge is 0.269 e. The quantitative estimate of drug-likeness (QED) is 0.607. The Bertz CT molecular complexity index is 943. The van der Waals surface area contributed by atoms with Crippen molar-refractivity contribution in [1.29, 1.82) is 0 Å². The average molecular weight is 406 g/mol. The van der Waals surface area contributed by atoms with Gasteiger partial charge in [0.25, 0.3) is 5.56 Å². The molecule has 0 spiro atoms. The van der Waals surface area contributed by atoms with Crippen molar-refractivity contribution in [3.63, 3.8) is 0 Å². The van der Waals surface area contributed by atoms with Crippen LogP contribution in [0.1, 0.15) is 30.9 Å². The summed E-state index contributed by atoms with van der Waals surface area (Å²) in [6.45, 7) is 4.10. The first-order valence-corrected chi connectivity index (χ1v) is 9.41. The van der Waals surface area contributed by atoms with Crippen molar-refractivity contribution >= 4 is 33.3 Å². The van der Waals surface area contributed by atoms with Crippen molar-refractivity contribution in [3.05, 3.63) is 56.3 Å². The molecule has 0 radical (unpaired) electrons. The van der Waals surface area contributed by atoms with E-state index in [1.54, 1.807) is 12.3 Å². The molecule has 0 aliphatic rings. The second-order valence-electron chi connectivity index (χ2n) is 5.14. The molecule has 0 amide bonds. The molecule has 3 heterocycles. The molecule has 0 atom stereocenters. The summed E-state index contributed by atoms with van der Waals surface area (Å²) < 4.78 is 2.35. The van der Waals surface area contributed by atoms with E-state index in [9.17, 15) is 4.79 Å². The standard InChI is InChI=1S/C16H16BrN5OS/c1-3-12-13(4-2)20-21-16(19-12)24-9-11-7-15(23)22-8-10(17)5-6-14(22)18-11/h5-8H,3-4,9H2,1-2H3. The lowest BCUT2D eigenvalue weighted by Crippen LogP contribution is -2.15. The Kier molecular flexibility index (Phi) is 5.25. The summed E-state index contributed by atoms with van der Waals surface area (Å²) in [5.74, 6) is 0.526. The molecule has 0 aliphatic carbocycles. The molecule has 0 unspecified atom stereocenters. The van der Waals surface area contributed by atoms with Crippen LogP contribution in [0.4, 0.5) is 0 Å². The van der Waals surface area contributed by atoms with Crippen LogP contribution in [0.25, 0.3) is 5.65 Å². The van der Waals surface area contributed by atoms with Crippen molar-refractivity contribution in [2.75, 3.05) is 0 Å². The first-order chi connectivity index (χ1) is 11.6. The van der Waals surface area contributed by atoms with Crippen LogP contribution >= 0.6 is 27.7 Å². The Labute approximate surface area is 151 Å². The van der Waals surface area contributed by atoms with Gasteiger partial charge in [0.2, 0.25) is 5.16 Å². The first-order valence-electron chi connectivity index (χ1n) is 7.63. The summed E-state index contributed by atoms with van der Waals surface area (Å²) in [4.78, 5) is 21.3. The molecular weight excluding hydrogens is 390 g/mol. The lowest BCUT2D eigenvalue weighted by Gasteiger charge is -2.06. The molecule has 3 aromatic heterocycles. The second kappa shape index (κ2) is 7.40.